The molecule has 0 radical (unpaired) electrons. The van der Waals surface area contributed by atoms with Crippen LogP contribution in [0.4, 0.5) is 0 Å². The van der Waals surface area contributed by atoms with E-state index in [2.05, 4.69) is 14.5 Å². The maximum absolute atomic E-state index is 10.8. The van der Waals surface area contributed by atoms with Crippen molar-refractivity contribution in [2.75, 3.05) is 6.54 Å². The number of carboxylic acid groups (broad SMARTS) is 1. The highest BCUT2D eigenvalue weighted by Gasteiger charge is 2.17. The van der Waals surface area contributed by atoms with Crippen LogP contribution in [-0.4, -0.2) is 43.7 Å². The Morgan fingerprint density at radius 1 is 1.38 bits per heavy atom. The number of phosphoric ester groups is 1. The molecule has 0 atom stereocenters. The highest BCUT2D eigenvalue weighted by atomic mass is 31.2. The summed E-state index contributed by atoms with van der Waals surface area (Å²) in [6.45, 7) is 1.62. The number of nitrogens with zero attached hydrogens (tertiary/aromatic N) is 2. The van der Waals surface area contributed by atoms with Crippen molar-refractivity contribution in [1.82, 2.24) is 4.98 Å². The molecule has 4 N–H and O–H groups in total. The minimum absolute atomic E-state index is 0.123. The van der Waals surface area contributed by atoms with E-state index in [0.29, 0.717) is 36.2 Å². The van der Waals surface area contributed by atoms with E-state index in [1.54, 1.807) is 6.92 Å². The van der Waals surface area contributed by atoms with Gasteiger partial charge in [-0.2, -0.15) is 0 Å². The lowest BCUT2D eigenvalue weighted by Crippen LogP contribution is -2.01. The monoisotopic (exact) mass is 360 g/mol. The van der Waals surface area contributed by atoms with Crippen LogP contribution < -0.4 is 0 Å². The van der Waals surface area contributed by atoms with E-state index in [9.17, 15) is 14.5 Å². The van der Waals surface area contributed by atoms with Crippen molar-refractivity contribution in [1.29, 1.82) is 0 Å². The summed E-state index contributed by atoms with van der Waals surface area (Å²) in [5, 5.41) is 18.6. The number of aryl methyl sites for hydroxylation is 1. The van der Waals surface area contributed by atoms with E-state index >= 15 is 0 Å². The van der Waals surface area contributed by atoms with Gasteiger partial charge in [-0.1, -0.05) is 6.42 Å². The molecule has 0 bridgehead atoms. The van der Waals surface area contributed by atoms with Crippen LogP contribution in [0.5, 0.6) is 5.75 Å². The quantitative estimate of drug-likeness (QED) is 0.280. The Kier molecular flexibility index (Phi) is 8.00. The maximum Gasteiger partial charge on any atom is 0.469 e. The molecule has 134 valence electrons. The lowest BCUT2D eigenvalue weighted by molar-refractivity contribution is -0.137. The van der Waals surface area contributed by atoms with E-state index < -0.39 is 20.4 Å². The minimum atomic E-state index is -4.63. The van der Waals surface area contributed by atoms with Crippen LogP contribution in [0, 0.1) is 6.92 Å². The predicted octanol–water partition coefficient (Wildman–Crippen LogP) is 1.77. The Hall–Kier alpha value is -1.80. The lowest BCUT2D eigenvalue weighted by atomic mass is 10.1. The topological polar surface area (TPSA) is 150 Å². The normalized spacial score (nSPS) is 12.0. The van der Waals surface area contributed by atoms with Crippen LogP contribution in [0.1, 0.15) is 42.5 Å². The number of aliphatic imine (C=N–C) groups is 1. The van der Waals surface area contributed by atoms with Gasteiger partial charge in [-0.15, -0.1) is 0 Å². The number of pyridine rings is 1. The predicted molar refractivity (Wildman–Crippen MR) is 86.0 cm³/mol. The number of aromatic hydroxyl groups is 1. The van der Waals surface area contributed by atoms with Gasteiger partial charge in [0.15, 0.2) is 0 Å². The fourth-order valence-corrected chi connectivity index (χ4v) is 2.18. The zero-order chi connectivity index (χ0) is 18.2. The van der Waals surface area contributed by atoms with Gasteiger partial charge in [-0.05, 0) is 19.8 Å². The average Bonchev–Trinajstić information content (AvgIpc) is 2.48. The number of aromatic nitrogens is 1. The number of phosphoric acid groups is 1. The second-order valence-electron chi connectivity index (χ2n) is 5.13. The molecule has 0 fully saturated rings. The molecule has 0 aliphatic carbocycles. The van der Waals surface area contributed by atoms with Gasteiger partial charge in [-0.25, -0.2) is 4.57 Å². The minimum Gasteiger partial charge on any atom is -0.505 e. The second kappa shape index (κ2) is 9.48. The number of carbonyl (C=O) groups is 1. The highest BCUT2D eigenvalue weighted by Crippen LogP contribution is 2.37. The fourth-order valence-electron chi connectivity index (χ4n) is 1.88. The van der Waals surface area contributed by atoms with Gasteiger partial charge in [0.2, 0.25) is 0 Å². The van der Waals surface area contributed by atoms with Crippen molar-refractivity contribution in [3.8, 4) is 5.75 Å². The fraction of sp³-hybridized carbons (Fsp3) is 0.500. The molecule has 0 saturated carbocycles. The molecule has 0 spiro atoms. The third kappa shape index (κ3) is 7.65. The number of hydrogen-bond acceptors (Lipinski definition) is 6. The Balaban J connectivity index is 2.67. The summed E-state index contributed by atoms with van der Waals surface area (Å²) >= 11 is 0. The van der Waals surface area contributed by atoms with Crippen LogP contribution in [0.2, 0.25) is 0 Å². The molecule has 0 unspecified atom stereocenters. The molecule has 1 aromatic heterocycles. The van der Waals surface area contributed by atoms with Crippen LogP contribution in [0.3, 0.4) is 0 Å². The Bertz CT molecular complexity index is 642. The molecule has 10 heteroatoms. The third-order valence-corrected chi connectivity index (χ3v) is 3.61. The first-order valence-electron chi connectivity index (χ1n) is 7.30. The highest BCUT2D eigenvalue weighted by molar-refractivity contribution is 7.46. The van der Waals surface area contributed by atoms with Crippen molar-refractivity contribution in [2.45, 2.75) is 39.2 Å². The van der Waals surface area contributed by atoms with Crippen molar-refractivity contribution in [2.24, 2.45) is 4.99 Å². The summed E-state index contributed by atoms with van der Waals surface area (Å²) in [4.78, 5) is 36.0. The molecule has 1 heterocycles. The summed E-state index contributed by atoms with van der Waals surface area (Å²) in [6, 6.07) is 0. The summed E-state index contributed by atoms with van der Waals surface area (Å²) in [5.41, 5.74) is 0.954. The zero-order valence-electron chi connectivity index (χ0n) is 13.3. The SMILES string of the molecule is Cc1ncc(COP(=O)(O)O)c(C=NCCCCCC(=O)O)c1O. The Morgan fingerprint density at radius 3 is 2.71 bits per heavy atom. The van der Waals surface area contributed by atoms with Crippen LogP contribution in [0.25, 0.3) is 0 Å². The van der Waals surface area contributed by atoms with Gasteiger partial charge < -0.3 is 20.0 Å². The van der Waals surface area contributed by atoms with Crippen molar-refractivity contribution < 1.29 is 33.9 Å². The number of carboxylic acids is 1. The standard InChI is InChI=1S/C14H21N2O7P/c1-10-14(19)12(8-15-6-4-2-3-5-13(17)18)11(7-16-10)9-23-24(20,21)22/h7-8,19H,2-6,9H2,1H3,(H,17,18)(H2,20,21,22). The van der Waals surface area contributed by atoms with Crippen LogP contribution in [0.15, 0.2) is 11.2 Å². The first-order chi connectivity index (χ1) is 11.2. The molecule has 0 amide bonds. The smallest absolute Gasteiger partial charge is 0.469 e. The van der Waals surface area contributed by atoms with E-state index in [4.69, 9.17) is 14.9 Å². The summed E-state index contributed by atoms with van der Waals surface area (Å²) in [6.07, 6.45) is 4.88. The summed E-state index contributed by atoms with van der Waals surface area (Å²) in [7, 11) is -4.63. The number of aliphatic carboxylic acids is 1. The van der Waals surface area contributed by atoms with E-state index in [1.807, 2.05) is 0 Å². The molecule has 24 heavy (non-hydrogen) atoms. The molecule has 0 saturated heterocycles. The molecule has 1 rings (SSSR count). The van der Waals surface area contributed by atoms with Crippen LogP contribution in [-0.2, 0) is 20.5 Å². The Morgan fingerprint density at radius 2 is 2.08 bits per heavy atom. The first kappa shape index (κ1) is 20.2. The summed E-state index contributed by atoms with van der Waals surface area (Å²) < 4.78 is 15.2. The maximum atomic E-state index is 10.8. The van der Waals surface area contributed by atoms with Crippen molar-refractivity contribution in [3.63, 3.8) is 0 Å². The van der Waals surface area contributed by atoms with Gasteiger partial charge in [0, 0.05) is 36.5 Å². The molecule has 0 aromatic carbocycles. The molecular formula is C14H21N2O7P. The number of rotatable bonds is 10. The van der Waals surface area contributed by atoms with Gasteiger partial charge in [0.25, 0.3) is 0 Å². The van der Waals surface area contributed by atoms with Gasteiger partial charge in [-0.3, -0.25) is 19.3 Å². The van der Waals surface area contributed by atoms with E-state index in [0.717, 1.165) is 6.42 Å². The first-order valence-corrected chi connectivity index (χ1v) is 8.83. The zero-order valence-corrected chi connectivity index (χ0v) is 14.1. The average molecular weight is 360 g/mol. The van der Waals surface area contributed by atoms with Crippen molar-refractivity contribution >= 4 is 20.0 Å². The Labute approximate surface area is 139 Å². The van der Waals surface area contributed by atoms with Gasteiger partial charge in [0.1, 0.15) is 5.75 Å². The largest absolute Gasteiger partial charge is 0.505 e. The lowest BCUT2D eigenvalue weighted by Gasteiger charge is -2.10. The summed E-state index contributed by atoms with van der Waals surface area (Å²) in [5.74, 6) is -0.957. The molecular weight excluding hydrogens is 339 g/mol. The number of unbranched alkanes of at least 4 members (excludes halogenated alkanes) is 2. The van der Waals surface area contributed by atoms with Gasteiger partial charge in [0.05, 0.1) is 12.3 Å². The van der Waals surface area contributed by atoms with E-state index in [-0.39, 0.29) is 12.2 Å². The second-order valence-corrected chi connectivity index (χ2v) is 6.37. The van der Waals surface area contributed by atoms with Gasteiger partial charge >= 0.3 is 13.8 Å². The van der Waals surface area contributed by atoms with Crippen LogP contribution >= 0.6 is 7.82 Å². The van der Waals surface area contributed by atoms with Crippen molar-refractivity contribution in [3.05, 3.63) is 23.0 Å². The molecule has 1 aromatic rings. The number of hydrogen-bond donors (Lipinski definition) is 4. The third-order valence-electron chi connectivity index (χ3n) is 3.14. The molecule has 9 nitrogen and oxygen atoms in total. The van der Waals surface area contributed by atoms with E-state index in [1.165, 1.54) is 12.4 Å². The molecule has 0 aliphatic heterocycles. The molecule has 0 aliphatic rings.